The Hall–Kier alpha value is -0.0400. The highest BCUT2D eigenvalue weighted by molar-refractivity contribution is 4.54. The van der Waals surface area contributed by atoms with Crippen LogP contribution in [0.25, 0.3) is 0 Å². The molecule has 0 aliphatic heterocycles. The molecule has 0 saturated carbocycles. The summed E-state index contributed by atoms with van der Waals surface area (Å²) in [6.07, 6.45) is 5.19. The Balaban J connectivity index is 2.91. The van der Waals surface area contributed by atoms with Crippen molar-refractivity contribution in [1.29, 1.82) is 0 Å². The van der Waals surface area contributed by atoms with Gasteiger partial charge in [-0.2, -0.15) is 0 Å². The van der Waals surface area contributed by atoms with E-state index in [2.05, 4.69) is 20.8 Å². The molecule has 1 heteroatoms. The molecule has 0 saturated heterocycles. The number of nitrogens with two attached hydrogens (primary N) is 1. The molecule has 0 rings (SSSR count). The van der Waals surface area contributed by atoms with Crippen LogP contribution >= 0.6 is 0 Å². The standard InChI is InChI=1S/C9H21N/c1-8(2)6-4-5-7-9(3)10/h8-9H,4-7,10H2,1-3H3/t9-/m0/s1. The van der Waals surface area contributed by atoms with Gasteiger partial charge in [-0.05, 0) is 19.3 Å². The Morgan fingerprint density at radius 1 is 1.00 bits per heavy atom. The molecule has 1 nitrogen and oxygen atoms in total. The van der Waals surface area contributed by atoms with Gasteiger partial charge in [-0.25, -0.2) is 0 Å². The maximum atomic E-state index is 5.61. The summed E-state index contributed by atoms with van der Waals surface area (Å²) >= 11 is 0. The Kier molecular flexibility index (Phi) is 5.70. The molecule has 62 valence electrons. The van der Waals surface area contributed by atoms with Crippen LogP contribution < -0.4 is 5.73 Å². The molecule has 0 radical (unpaired) electrons. The van der Waals surface area contributed by atoms with Crippen LogP contribution in [0.4, 0.5) is 0 Å². The zero-order chi connectivity index (χ0) is 7.98. The molecule has 0 unspecified atom stereocenters. The third kappa shape index (κ3) is 7.96. The van der Waals surface area contributed by atoms with Crippen LogP contribution in [0.2, 0.25) is 0 Å². The van der Waals surface area contributed by atoms with Gasteiger partial charge in [0.05, 0.1) is 0 Å². The maximum absolute atomic E-state index is 5.61. The number of unbranched alkanes of at least 4 members (excludes halogenated alkanes) is 1. The van der Waals surface area contributed by atoms with E-state index in [0.717, 1.165) is 5.92 Å². The van der Waals surface area contributed by atoms with Crippen molar-refractivity contribution >= 4 is 0 Å². The van der Waals surface area contributed by atoms with Crippen molar-refractivity contribution in [3.63, 3.8) is 0 Å². The van der Waals surface area contributed by atoms with E-state index in [4.69, 9.17) is 5.73 Å². The molecule has 0 spiro atoms. The lowest BCUT2D eigenvalue weighted by Crippen LogP contribution is -2.13. The third-order valence-electron chi connectivity index (χ3n) is 1.69. The smallest absolute Gasteiger partial charge is 0.00104 e. The van der Waals surface area contributed by atoms with E-state index in [1.807, 2.05) is 0 Å². The second kappa shape index (κ2) is 5.72. The normalized spacial score (nSPS) is 14.1. The highest BCUT2D eigenvalue weighted by Crippen LogP contribution is 2.08. The fourth-order valence-corrected chi connectivity index (χ4v) is 1.02. The van der Waals surface area contributed by atoms with E-state index in [9.17, 15) is 0 Å². The van der Waals surface area contributed by atoms with Crippen molar-refractivity contribution in [3.8, 4) is 0 Å². The third-order valence-corrected chi connectivity index (χ3v) is 1.69. The molecule has 0 amide bonds. The van der Waals surface area contributed by atoms with Gasteiger partial charge in [-0.15, -0.1) is 0 Å². The van der Waals surface area contributed by atoms with Crippen molar-refractivity contribution in [2.75, 3.05) is 0 Å². The van der Waals surface area contributed by atoms with Crippen LogP contribution in [0, 0.1) is 5.92 Å². The van der Waals surface area contributed by atoms with Crippen molar-refractivity contribution in [2.45, 2.75) is 52.5 Å². The fourth-order valence-electron chi connectivity index (χ4n) is 1.02. The van der Waals surface area contributed by atoms with E-state index in [1.165, 1.54) is 25.7 Å². The van der Waals surface area contributed by atoms with Crippen molar-refractivity contribution in [2.24, 2.45) is 11.7 Å². The number of rotatable bonds is 5. The van der Waals surface area contributed by atoms with Crippen LogP contribution in [-0.4, -0.2) is 6.04 Å². The van der Waals surface area contributed by atoms with E-state index >= 15 is 0 Å². The van der Waals surface area contributed by atoms with Crippen LogP contribution in [0.1, 0.15) is 46.5 Å². The first-order valence-electron chi connectivity index (χ1n) is 4.38. The largest absolute Gasteiger partial charge is 0.328 e. The summed E-state index contributed by atoms with van der Waals surface area (Å²) in [6.45, 7) is 6.62. The number of hydrogen-bond acceptors (Lipinski definition) is 1. The first-order valence-corrected chi connectivity index (χ1v) is 4.38. The molecule has 0 aliphatic carbocycles. The van der Waals surface area contributed by atoms with Crippen LogP contribution in [0.3, 0.4) is 0 Å². The highest BCUT2D eigenvalue weighted by Gasteiger charge is 1.96. The molecule has 0 fully saturated rings. The van der Waals surface area contributed by atoms with Gasteiger partial charge in [0.15, 0.2) is 0 Å². The van der Waals surface area contributed by atoms with Crippen LogP contribution in [0.15, 0.2) is 0 Å². The zero-order valence-electron chi connectivity index (χ0n) is 7.56. The maximum Gasteiger partial charge on any atom is 0.00104 e. The molecule has 0 aliphatic rings. The summed E-state index contributed by atoms with van der Waals surface area (Å²) in [4.78, 5) is 0. The lowest BCUT2D eigenvalue weighted by atomic mass is 10.0. The van der Waals surface area contributed by atoms with E-state index in [-0.39, 0.29) is 0 Å². The van der Waals surface area contributed by atoms with Gasteiger partial charge in [-0.1, -0.05) is 33.1 Å². The van der Waals surface area contributed by atoms with Gasteiger partial charge in [0.2, 0.25) is 0 Å². The van der Waals surface area contributed by atoms with Gasteiger partial charge >= 0.3 is 0 Å². The average molecular weight is 143 g/mol. The second-order valence-electron chi connectivity index (χ2n) is 3.66. The van der Waals surface area contributed by atoms with Gasteiger partial charge in [-0.3, -0.25) is 0 Å². The molecule has 1 atom stereocenters. The highest BCUT2D eigenvalue weighted by atomic mass is 14.6. The summed E-state index contributed by atoms with van der Waals surface area (Å²) in [5.74, 6) is 0.855. The van der Waals surface area contributed by atoms with Crippen molar-refractivity contribution in [1.82, 2.24) is 0 Å². The van der Waals surface area contributed by atoms with E-state index in [1.54, 1.807) is 0 Å². The van der Waals surface area contributed by atoms with Gasteiger partial charge in [0.1, 0.15) is 0 Å². The van der Waals surface area contributed by atoms with E-state index in [0.29, 0.717) is 6.04 Å². The number of hydrogen-bond donors (Lipinski definition) is 1. The zero-order valence-corrected chi connectivity index (χ0v) is 7.56. The Labute approximate surface area is 65.0 Å². The molecular weight excluding hydrogens is 122 g/mol. The predicted molar refractivity (Wildman–Crippen MR) is 47.0 cm³/mol. The molecule has 0 bridgehead atoms. The molecule has 0 aromatic heterocycles. The lowest BCUT2D eigenvalue weighted by Gasteiger charge is -2.05. The lowest BCUT2D eigenvalue weighted by molar-refractivity contribution is 0.508. The molecule has 2 N–H and O–H groups in total. The topological polar surface area (TPSA) is 26.0 Å². The molecule has 0 aromatic rings. The van der Waals surface area contributed by atoms with Crippen molar-refractivity contribution in [3.05, 3.63) is 0 Å². The van der Waals surface area contributed by atoms with Gasteiger partial charge in [0.25, 0.3) is 0 Å². The molecule has 10 heavy (non-hydrogen) atoms. The minimum atomic E-state index is 0.396. The van der Waals surface area contributed by atoms with Crippen molar-refractivity contribution < 1.29 is 0 Å². The van der Waals surface area contributed by atoms with E-state index < -0.39 is 0 Å². The summed E-state index contributed by atoms with van der Waals surface area (Å²) in [7, 11) is 0. The first-order chi connectivity index (χ1) is 4.63. The summed E-state index contributed by atoms with van der Waals surface area (Å²) in [6, 6.07) is 0.396. The van der Waals surface area contributed by atoms with Gasteiger partial charge < -0.3 is 5.73 Å². The monoisotopic (exact) mass is 143 g/mol. The minimum absolute atomic E-state index is 0.396. The minimum Gasteiger partial charge on any atom is -0.328 e. The predicted octanol–water partition coefficient (Wildman–Crippen LogP) is 2.55. The quantitative estimate of drug-likeness (QED) is 0.588. The van der Waals surface area contributed by atoms with Crippen LogP contribution in [0.5, 0.6) is 0 Å². The summed E-state index contributed by atoms with van der Waals surface area (Å²) < 4.78 is 0. The fraction of sp³-hybridized carbons (Fsp3) is 1.00. The first kappa shape index (κ1) is 9.96. The van der Waals surface area contributed by atoms with Crippen LogP contribution in [-0.2, 0) is 0 Å². The second-order valence-corrected chi connectivity index (χ2v) is 3.66. The Morgan fingerprint density at radius 3 is 1.90 bits per heavy atom. The van der Waals surface area contributed by atoms with Gasteiger partial charge in [0, 0.05) is 6.04 Å². The summed E-state index contributed by atoms with van der Waals surface area (Å²) in [5, 5.41) is 0. The molecular formula is C9H21N. The molecule has 0 aromatic carbocycles. The molecule has 0 heterocycles. The Morgan fingerprint density at radius 2 is 1.50 bits per heavy atom. The average Bonchev–Trinajstić information content (AvgIpc) is 1.79. The SMILES string of the molecule is CC(C)CCCC[C@H](C)N. The summed E-state index contributed by atoms with van der Waals surface area (Å²) in [5.41, 5.74) is 5.61. The Bertz CT molecular complexity index is 57.1.